The Hall–Kier alpha value is -1.81. The summed E-state index contributed by atoms with van der Waals surface area (Å²) < 4.78 is 0. The van der Waals surface area contributed by atoms with Crippen LogP contribution in [0, 0.1) is 6.92 Å². The average molecular weight is 246 g/mol. The number of H-pyrrole nitrogens is 1. The van der Waals surface area contributed by atoms with Crippen molar-refractivity contribution in [1.29, 1.82) is 0 Å². The van der Waals surface area contributed by atoms with Gasteiger partial charge in [-0.1, -0.05) is 6.92 Å². The van der Waals surface area contributed by atoms with Gasteiger partial charge >= 0.3 is 5.97 Å². The molecule has 0 aliphatic heterocycles. The van der Waals surface area contributed by atoms with Crippen LogP contribution >= 0.6 is 0 Å². The van der Waals surface area contributed by atoms with E-state index in [0.29, 0.717) is 12.1 Å². The summed E-state index contributed by atoms with van der Waals surface area (Å²) in [6, 6.07) is 3.48. The fourth-order valence-corrected chi connectivity index (χ4v) is 2.42. The fourth-order valence-electron chi connectivity index (χ4n) is 2.42. The SMILES string of the molecule is CCc1cc(C(=O)O)cc2c(CCN)c(C)[nH]c12. The number of benzene rings is 1. The van der Waals surface area contributed by atoms with Crippen molar-refractivity contribution in [3.63, 3.8) is 0 Å². The Kier molecular flexibility index (Phi) is 3.39. The molecule has 0 amide bonds. The Bertz CT molecular complexity index is 599. The number of aromatic amines is 1. The molecule has 0 saturated heterocycles. The molecule has 4 N–H and O–H groups in total. The summed E-state index contributed by atoms with van der Waals surface area (Å²) in [6.45, 7) is 4.59. The fraction of sp³-hybridized carbons (Fsp3) is 0.357. The summed E-state index contributed by atoms with van der Waals surface area (Å²) in [6.07, 6.45) is 1.57. The van der Waals surface area contributed by atoms with Crippen LogP contribution in [0.5, 0.6) is 0 Å². The summed E-state index contributed by atoms with van der Waals surface area (Å²) in [7, 11) is 0. The van der Waals surface area contributed by atoms with Crippen LogP contribution in [0.15, 0.2) is 12.1 Å². The molecule has 0 radical (unpaired) electrons. The van der Waals surface area contributed by atoms with Crippen molar-refractivity contribution in [3.05, 3.63) is 34.5 Å². The van der Waals surface area contributed by atoms with Gasteiger partial charge in [0.1, 0.15) is 0 Å². The molecular weight excluding hydrogens is 228 g/mol. The van der Waals surface area contributed by atoms with Gasteiger partial charge in [0, 0.05) is 16.6 Å². The van der Waals surface area contributed by atoms with Gasteiger partial charge in [0.15, 0.2) is 0 Å². The quantitative estimate of drug-likeness (QED) is 0.774. The maximum Gasteiger partial charge on any atom is 0.335 e. The molecule has 0 saturated carbocycles. The Labute approximate surface area is 106 Å². The third kappa shape index (κ3) is 1.99. The standard InChI is InChI=1S/C14H18N2O2/c1-3-9-6-10(14(17)18)7-12-11(4-5-15)8(2)16-13(9)12/h6-7,16H,3-5,15H2,1-2H3,(H,17,18). The number of aromatic nitrogens is 1. The van der Waals surface area contributed by atoms with Gasteiger partial charge in [0.2, 0.25) is 0 Å². The number of hydrogen-bond acceptors (Lipinski definition) is 2. The van der Waals surface area contributed by atoms with Gasteiger partial charge in [-0.15, -0.1) is 0 Å². The van der Waals surface area contributed by atoms with Gasteiger partial charge < -0.3 is 15.8 Å². The summed E-state index contributed by atoms with van der Waals surface area (Å²) in [5, 5.41) is 10.2. The second-order valence-corrected chi connectivity index (χ2v) is 4.48. The zero-order valence-corrected chi connectivity index (χ0v) is 10.7. The third-order valence-electron chi connectivity index (χ3n) is 3.33. The molecule has 2 aromatic rings. The van der Waals surface area contributed by atoms with Gasteiger partial charge in [0.05, 0.1) is 5.56 Å². The number of nitrogens with one attached hydrogen (secondary N) is 1. The Morgan fingerprint density at radius 1 is 1.44 bits per heavy atom. The molecule has 1 aromatic carbocycles. The molecular formula is C14H18N2O2. The van der Waals surface area contributed by atoms with Crippen molar-refractivity contribution in [2.45, 2.75) is 26.7 Å². The van der Waals surface area contributed by atoms with Gasteiger partial charge in [-0.05, 0) is 49.6 Å². The highest BCUT2D eigenvalue weighted by molar-refractivity contribution is 5.96. The van der Waals surface area contributed by atoms with Crippen molar-refractivity contribution >= 4 is 16.9 Å². The third-order valence-corrected chi connectivity index (χ3v) is 3.33. The molecule has 96 valence electrons. The largest absolute Gasteiger partial charge is 0.478 e. The smallest absolute Gasteiger partial charge is 0.335 e. The maximum absolute atomic E-state index is 11.2. The normalized spacial score (nSPS) is 11.1. The van der Waals surface area contributed by atoms with E-state index in [0.717, 1.165) is 40.6 Å². The van der Waals surface area contributed by atoms with Crippen molar-refractivity contribution in [2.75, 3.05) is 6.54 Å². The Morgan fingerprint density at radius 3 is 2.72 bits per heavy atom. The molecule has 0 atom stereocenters. The first-order valence-electron chi connectivity index (χ1n) is 6.15. The number of aryl methyl sites for hydroxylation is 2. The van der Waals surface area contributed by atoms with E-state index in [9.17, 15) is 4.79 Å². The van der Waals surface area contributed by atoms with Crippen LogP contribution in [0.2, 0.25) is 0 Å². The second kappa shape index (κ2) is 4.82. The molecule has 0 unspecified atom stereocenters. The highest BCUT2D eigenvalue weighted by Crippen LogP contribution is 2.27. The minimum absolute atomic E-state index is 0.344. The number of fused-ring (bicyclic) bond motifs is 1. The van der Waals surface area contributed by atoms with Crippen LogP contribution in [-0.4, -0.2) is 22.6 Å². The van der Waals surface area contributed by atoms with Gasteiger partial charge in [-0.3, -0.25) is 0 Å². The average Bonchev–Trinajstić information content (AvgIpc) is 2.65. The highest BCUT2D eigenvalue weighted by Gasteiger charge is 2.14. The zero-order valence-electron chi connectivity index (χ0n) is 10.7. The lowest BCUT2D eigenvalue weighted by Crippen LogP contribution is -2.03. The van der Waals surface area contributed by atoms with Crippen molar-refractivity contribution in [2.24, 2.45) is 5.73 Å². The Morgan fingerprint density at radius 2 is 2.17 bits per heavy atom. The molecule has 2 rings (SSSR count). The van der Waals surface area contributed by atoms with E-state index in [1.54, 1.807) is 12.1 Å². The highest BCUT2D eigenvalue weighted by atomic mass is 16.4. The zero-order chi connectivity index (χ0) is 13.3. The molecule has 0 aliphatic carbocycles. The molecule has 0 bridgehead atoms. The van der Waals surface area contributed by atoms with Crippen LogP contribution in [0.1, 0.15) is 34.1 Å². The number of carbonyl (C=O) groups is 1. The monoisotopic (exact) mass is 246 g/mol. The number of rotatable bonds is 4. The van der Waals surface area contributed by atoms with Crippen LogP contribution in [0.4, 0.5) is 0 Å². The first-order chi connectivity index (χ1) is 8.58. The Balaban J connectivity index is 2.76. The van der Waals surface area contributed by atoms with Crippen LogP contribution in [-0.2, 0) is 12.8 Å². The van der Waals surface area contributed by atoms with Crippen molar-refractivity contribution < 1.29 is 9.90 Å². The minimum Gasteiger partial charge on any atom is -0.478 e. The molecule has 4 nitrogen and oxygen atoms in total. The van der Waals surface area contributed by atoms with Crippen LogP contribution in [0.3, 0.4) is 0 Å². The molecule has 0 fully saturated rings. The topological polar surface area (TPSA) is 79.1 Å². The van der Waals surface area contributed by atoms with Crippen LogP contribution in [0.25, 0.3) is 10.9 Å². The first-order valence-corrected chi connectivity index (χ1v) is 6.15. The molecule has 1 aromatic heterocycles. The summed E-state index contributed by atoms with van der Waals surface area (Å²) in [5.74, 6) is -0.885. The van der Waals surface area contributed by atoms with Crippen LogP contribution < -0.4 is 5.73 Å². The molecule has 1 heterocycles. The summed E-state index contributed by atoms with van der Waals surface area (Å²) in [5.41, 5.74) is 10.3. The summed E-state index contributed by atoms with van der Waals surface area (Å²) >= 11 is 0. The maximum atomic E-state index is 11.2. The van der Waals surface area contributed by atoms with Gasteiger partial charge in [-0.25, -0.2) is 4.79 Å². The van der Waals surface area contributed by atoms with E-state index in [1.165, 1.54) is 0 Å². The van der Waals surface area contributed by atoms with Crippen molar-refractivity contribution in [3.8, 4) is 0 Å². The number of carboxylic acid groups (broad SMARTS) is 1. The lowest BCUT2D eigenvalue weighted by Gasteiger charge is -2.04. The van der Waals surface area contributed by atoms with E-state index in [4.69, 9.17) is 10.8 Å². The van der Waals surface area contributed by atoms with Crippen molar-refractivity contribution in [1.82, 2.24) is 4.98 Å². The number of hydrogen-bond donors (Lipinski definition) is 3. The van der Waals surface area contributed by atoms with Gasteiger partial charge in [-0.2, -0.15) is 0 Å². The molecule has 0 spiro atoms. The van der Waals surface area contributed by atoms with E-state index >= 15 is 0 Å². The van der Waals surface area contributed by atoms with E-state index in [1.807, 2.05) is 13.8 Å². The summed E-state index contributed by atoms with van der Waals surface area (Å²) in [4.78, 5) is 14.5. The predicted molar refractivity (Wildman–Crippen MR) is 72.1 cm³/mol. The molecule has 4 heteroatoms. The molecule has 0 aliphatic rings. The van der Waals surface area contributed by atoms with Gasteiger partial charge in [0.25, 0.3) is 0 Å². The number of aromatic carboxylic acids is 1. The first kappa shape index (κ1) is 12.6. The number of nitrogens with two attached hydrogens (primary N) is 1. The molecule has 18 heavy (non-hydrogen) atoms. The lowest BCUT2D eigenvalue weighted by molar-refractivity contribution is 0.0697. The number of carboxylic acids is 1. The lowest BCUT2D eigenvalue weighted by atomic mass is 10.0. The minimum atomic E-state index is -0.885. The van der Waals surface area contributed by atoms with E-state index < -0.39 is 5.97 Å². The van der Waals surface area contributed by atoms with E-state index in [2.05, 4.69) is 4.98 Å². The van der Waals surface area contributed by atoms with E-state index in [-0.39, 0.29) is 0 Å². The second-order valence-electron chi connectivity index (χ2n) is 4.48. The predicted octanol–water partition coefficient (Wildman–Crippen LogP) is 2.24.